The maximum atomic E-state index is 14.3. The van der Waals surface area contributed by atoms with Crippen LogP contribution in [0.5, 0.6) is 0 Å². The minimum atomic E-state index is -0.706. The van der Waals surface area contributed by atoms with E-state index in [1.807, 2.05) is 6.07 Å². The van der Waals surface area contributed by atoms with Gasteiger partial charge in [-0.05, 0) is 36.4 Å². The van der Waals surface area contributed by atoms with Gasteiger partial charge in [0.25, 0.3) is 5.56 Å². The molecule has 0 radical (unpaired) electrons. The van der Waals surface area contributed by atoms with Crippen molar-refractivity contribution in [3.05, 3.63) is 93.8 Å². The Balaban J connectivity index is 1.41. The summed E-state index contributed by atoms with van der Waals surface area (Å²) in [6.07, 6.45) is 8.04. The number of nitrogens with zero attached hydrogens (tertiary/aromatic N) is 8. The summed E-state index contributed by atoms with van der Waals surface area (Å²) in [5.41, 5.74) is 2.66. The van der Waals surface area contributed by atoms with E-state index in [0.29, 0.717) is 39.5 Å². The molecule has 0 saturated carbocycles. The average molecular weight is 551 g/mol. The van der Waals surface area contributed by atoms with Gasteiger partial charge in [0.15, 0.2) is 0 Å². The molecule has 1 aliphatic heterocycles. The van der Waals surface area contributed by atoms with E-state index in [1.54, 1.807) is 59.8 Å². The third-order valence-electron chi connectivity index (χ3n) is 7.14. The van der Waals surface area contributed by atoms with Crippen molar-refractivity contribution in [1.82, 2.24) is 44.6 Å². The van der Waals surface area contributed by atoms with E-state index in [4.69, 9.17) is 4.98 Å². The zero-order valence-electron chi connectivity index (χ0n) is 21.7. The van der Waals surface area contributed by atoms with E-state index in [9.17, 15) is 14.0 Å². The number of alkyl halides is 1. The number of aromatic amines is 1. The summed E-state index contributed by atoms with van der Waals surface area (Å²) in [5.74, 6) is 0.403. The van der Waals surface area contributed by atoms with Crippen LogP contribution in [0.25, 0.3) is 44.8 Å². The zero-order chi connectivity index (χ0) is 27.9. The summed E-state index contributed by atoms with van der Waals surface area (Å²) >= 11 is 0. The molecule has 41 heavy (non-hydrogen) atoms. The van der Waals surface area contributed by atoms with Crippen molar-refractivity contribution in [3.63, 3.8) is 0 Å². The van der Waals surface area contributed by atoms with E-state index in [2.05, 4.69) is 35.3 Å². The lowest BCUT2D eigenvalue weighted by Gasteiger charge is -2.31. The Morgan fingerprint density at radius 1 is 0.976 bits per heavy atom. The predicted molar refractivity (Wildman–Crippen MR) is 151 cm³/mol. The molecule has 0 spiro atoms. The van der Waals surface area contributed by atoms with Gasteiger partial charge in [-0.1, -0.05) is 0 Å². The van der Waals surface area contributed by atoms with Gasteiger partial charge in [0, 0.05) is 74.0 Å². The van der Waals surface area contributed by atoms with Crippen LogP contribution in [0.1, 0.15) is 5.56 Å². The maximum Gasteiger partial charge on any atom is 0.333 e. The van der Waals surface area contributed by atoms with Crippen LogP contribution in [0.15, 0.2) is 77.0 Å². The highest BCUT2D eigenvalue weighted by molar-refractivity contribution is 6.01. The standard InChI is InChI=1S/C28H23FN10O2/c29-13-17-12-19(2-5-23(17)37-10-7-30-8-11-37)39-25-20(26(40)36-28(39)41)16-31-22-4-3-21(35-24(22)25)18-14-32-27(33-15-18)38-9-1-6-34-38/h1-6,9,12,14-16,30H,7-8,10-11,13H2,(H,36,40,41). The summed E-state index contributed by atoms with van der Waals surface area (Å²) in [6.45, 7) is 2.42. The monoisotopic (exact) mass is 550 g/mol. The van der Waals surface area contributed by atoms with Crippen LogP contribution in [-0.2, 0) is 6.67 Å². The Hall–Kier alpha value is -5.30. The van der Waals surface area contributed by atoms with Gasteiger partial charge in [-0.25, -0.2) is 28.8 Å². The fourth-order valence-corrected chi connectivity index (χ4v) is 5.17. The number of H-pyrrole nitrogens is 1. The van der Waals surface area contributed by atoms with E-state index in [1.165, 1.54) is 10.8 Å². The molecule has 6 heterocycles. The third-order valence-corrected chi connectivity index (χ3v) is 7.14. The second kappa shape index (κ2) is 10.0. The van der Waals surface area contributed by atoms with Crippen molar-refractivity contribution >= 4 is 27.6 Å². The SMILES string of the molecule is O=c1[nH]c(=O)n(-c2ccc(N3CCNCC3)c(CF)c2)c2c1cnc1ccc(-c3cnc(-n4cccn4)nc3)nc12. The first-order valence-electron chi connectivity index (χ1n) is 13.0. The van der Waals surface area contributed by atoms with Gasteiger partial charge in [0.1, 0.15) is 12.2 Å². The van der Waals surface area contributed by atoms with E-state index in [-0.39, 0.29) is 10.9 Å². The quantitative estimate of drug-likeness (QED) is 0.309. The molecular formula is C28H23FN10O2. The zero-order valence-corrected chi connectivity index (χ0v) is 21.7. The van der Waals surface area contributed by atoms with Crippen LogP contribution in [0.3, 0.4) is 0 Å². The molecule has 0 aliphatic carbocycles. The lowest BCUT2D eigenvalue weighted by molar-refractivity contribution is 0.483. The van der Waals surface area contributed by atoms with Crippen molar-refractivity contribution in [2.24, 2.45) is 0 Å². The Morgan fingerprint density at radius 2 is 1.80 bits per heavy atom. The van der Waals surface area contributed by atoms with Crippen molar-refractivity contribution in [2.45, 2.75) is 6.67 Å². The van der Waals surface area contributed by atoms with E-state index >= 15 is 0 Å². The van der Waals surface area contributed by atoms with Crippen LogP contribution in [0.4, 0.5) is 10.1 Å². The summed E-state index contributed by atoms with van der Waals surface area (Å²) in [4.78, 5) is 48.6. The van der Waals surface area contributed by atoms with Gasteiger partial charge in [-0.3, -0.25) is 19.3 Å². The minimum absolute atomic E-state index is 0.181. The number of fused-ring (bicyclic) bond motifs is 3. The van der Waals surface area contributed by atoms with Crippen molar-refractivity contribution in [2.75, 3.05) is 31.1 Å². The molecule has 0 amide bonds. The molecular weight excluding hydrogens is 527 g/mol. The lowest BCUT2D eigenvalue weighted by Crippen LogP contribution is -2.43. The molecule has 0 atom stereocenters. The number of nitrogens with one attached hydrogen (secondary N) is 2. The van der Waals surface area contributed by atoms with Crippen LogP contribution >= 0.6 is 0 Å². The molecule has 204 valence electrons. The van der Waals surface area contributed by atoms with Crippen molar-refractivity contribution in [3.8, 4) is 22.9 Å². The van der Waals surface area contributed by atoms with Gasteiger partial charge < -0.3 is 10.2 Å². The van der Waals surface area contributed by atoms with Crippen molar-refractivity contribution < 1.29 is 4.39 Å². The topological polar surface area (TPSA) is 140 Å². The average Bonchev–Trinajstić information content (AvgIpc) is 3.56. The number of benzene rings is 1. The summed E-state index contributed by atoms with van der Waals surface area (Å²) in [7, 11) is 0. The number of hydrogen-bond donors (Lipinski definition) is 2. The summed E-state index contributed by atoms with van der Waals surface area (Å²) < 4.78 is 17.2. The largest absolute Gasteiger partial charge is 0.369 e. The smallest absolute Gasteiger partial charge is 0.333 e. The number of anilines is 1. The fourth-order valence-electron chi connectivity index (χ4n) is 5.17. The molecule has 5 aromatic heterocycles. The minimum Gasteiger partial charge on any atom is -0.369 e. The Bertz CT molecular complexity index is 2010. The lowest BCUT2D eigenvalue weighted by atomic mass is 10.1. The molecule has 1 aromatic carbocycles. The fraction of sp³-hybridized carbons (Fsp3) is 0.179. The Morgan fingerprint density at radius 3 is 2.56 bits per heavy atom. The summed E-state index contributed by atoms with van der Waals surface area (Å²) in [5, 5.41) is 7.61. The Kier molecular flexibility index (Phi) is 6.04. The first-order valence-corrected chi connectivity index (χ1v) is 13.0. The predicted octanol–water partition coefficient (Wildman–Crippen LogP) is 2.14. The molecule has 12 nitrogen and oxygen atoms in total. The molecule has 2 N–H and O–H groups in total. The number of aromatic nitrogens is 8. The number of pyridine rings is 2. The van der Waals surface area contributed by atoms with Gasteiger partial charge in [0.2, 0.25) is 5.95 Å². The van der Waals surface area contributed by atoms with Gasteiger partial charge >= 0.3 is 5.69 Å². The molecule has 7 rings (SSSR count). The van der Waals surface area contributed by atoms with Crippen LogP contribution in [0.2, 0.25) is 0 Å². The molecule has 1 saturated heterocycles. The van der Waals surface area contributed by atoms with Crippen LogP contribution < -0.4 is 21.5 Å². The third kappa shape index (κ3) is 4.32. The van der Waals surface area contributed by atoms with E-state index < -0.39 is 17.9 Å². The van der Waals surface area contributed by atoms with Crippen LogP contribution in [-0.4, -0.2) is 65.4 Å². The molecule has 13 heteroatoms. The molecule has 6 aromatic rings. The highest BCUT2D eigenvalue weighted by atomic mass is 19.1. The number of halogens is 1. The molecule has 0 unspecified atom stereocenters. The summed E-state index contributed by atoms with van der Waals surface area (Å²) in [6, 6.07) is 10.5. The number of piperazine rings is 1. The highest BCUT2D eigenvalue weighted by Gasteiger charge is 2.19. The second-order valence-corrected chi connectivity index (χ2v) is 9.59. The highest BCUT2D eigenvalue weighted by Crippen LogP contribution is 2.28. The Labute approximate surface area is 231 Å². The second-order valence-electron chi connectivity index (χ2n) is 9.59. The maximum absolute atomic E-state index is 14.3. The van der Waals surface area contributed by atoms with E-state index in [0.717, 1.165) is 31.9 Å². The normalized spacial score (nSPS) is 13.7. The van der Waals surface area contributed by atoms with Gasteiger partial charge in [-0.15, -0.1) is 0 Å². The van der Waals surface area contributed by atoms with Gasteiger partial charge in [-0.2, -0.15) is 5.10 Å². The first kappa shape index (κ1) is 24.7. The first-order chi connectivity index (χ1) is 20.1. The number of rotatable bonds is 5. The van der Waals surface area contributed by atoms with Crippen LogP contribution in [0, 0.1) is 0 Å². The number of hydrogen-bond acceptors (Lipinski definition) is 9. The molecule has 0 bridgehead atoms. The molecule has 1 aliphatic rings. The molecule has 1 fully saturated rings. The van der Waals surface area contributed by atoms with Crippen molar-refractivity contribution in [1.29, 1.82) is 0 Å². The van der Waals surface area contributed by atoms with Gasteiger partial charge in [0.05, 0.1) is 27.8 Å².